The van der Waals surface area contributed by atoms with Gasteiger partial charge in [-0.2, -0.15) is 0 Å². The number of methoxy groups -OCH3 is 1. The summed E-state index contributed by atoms with van der Waals surface area (Å²) >= 11 is 1.45. The van der Waals surface area contributed by atoms with Crippen molar-refractivity contribution in [3.8, 4) is 5.75 Å². The fraction of sp³-hybridized carbons (Fsp3) is 0.286. The van der Waals surface area contributed by atoms with Crippen LogP contribution in [-0.2, 0) is 17.6 Å². The number of nitrogens with zero attached hydrogens (tertiary/aromatic N) is 1. The van der Waals surface area contributed by atoms with E-state index in [1.807, 2.05) is 12.3 Å². The highest BCUT2D eigenvalue weighted by molar-refractivity contribution is 7.09. The Morgan fingerprint density at radius 1 is 1.42 bits per heavy atom. The first-order chi connectivity index (χ1) is 9.10. The van der Waals surface area contributed by atoms with Crippen LogP contribution < -0.4 is 4.74 Å². The van der Waals surface area contributed by atoms with E-state index in [1.54, 1.807) is 12.1 Å². The molecule has 0 atom stereocenters. The minimum atomic E-state index is -0.464. The largest absolute Gasteiger partial charge is 0.494 e. The third-order valence-corrected chi connectivity index (χ3v) is 3.63. The summed E-state index contributed by atoms with van der Waals surface area (Å²) in [6, 6.07) is 4.81. The third kappa shape index (κ3) is 3.38. The summed E-state index contributed by atoms with van der Waals surface area (Å²) in [7, 11) is 1.41. The Labute approximate surface area is 115 Å². The average molecular weight is 279 g/mol. The zero-order valence-electron chi connectivity index (χ0n) is 10.8. The molecule has 0 amide bonds. The number of Topliss-reactive ketones (excluding diaryl/α,β-unsaturated/α-hetero) is 1. The fourth-order valence-corrected chi connectivity index (χ4v) is 2.58. The molecule has 0 aliphatic carbocycles. The van der Waals surface area contributed by atoms with Crippen LogP contribution in [0.3, 0.4) is 0 Å². The van der Waals surface area contributed by atoms with E-state index in [9.17, 15) is 9.18 Å². The Morgan fingerprint density at radius 2 is 2.21 bits per heavy atom. The molecule has 0 aliphatic rings. The van der Waals surface area contributed by atoms with Crippen LogP contribution in [0.1, 0.15) is 16.3 Å². The molecule has 1 aromatic carbocycles. The van der Waals surface area contributed by atoms with Gasteiger partial charge in [-0.15, -0.1) is 11.3 Å². The van der Waals surface area contributed by atoms with E-state index < -0.39 is 5.82 Å². The number of carbonyl (C=O) groups is 1. The first kappa shape index (κ1) is 13.7. The number of thiazole rings is 1. The molecule has 0 saturated carbocycles. The van der Waals surface area contributed by atoms with Crippen LogP contribution in [0, 0.1) is 12.7 Å². The lowest BCUT2D eigenvalue weighted by Gasteiger charge is -2.06. The van der Waals surface area contributed by atoms with Crippen LogP contribution in [0.5, 0.6) is 5.75 Å². The van der Waals surface area contributed by atoms with Crippen molar-refractivity contribution in [2.75, 3.05) is 7.11 Å². The van der Waals surface area contributed by atoms with Gasteiger partial charge in [0, 0.05) is 17.5 Å². The second-order valence-electron chi connectivity index (χ2n) is 4.21. The summed E-state index contributed by atoms with van der Waals surface area (Å²) in [5, 5.41) is 2.67. The Kier molecular flexibility index (Phi) is 4.27. The molecule has 0 radical (unpaired) electrons. The van der Waals surface area contributed by atoms with Crippen molar-refractivity contribution < 1.29 is 13.9 Å². The molecule has 1 heterocycles. The number of aryl methyl sites for hydroxylation is 1. The highest BCUT2D eigenvalue weighted by Gasteiger charge is 2.13. The van der Waals surface area contributed by atoms with Crippen LogP contribution >= 0.6 is 11.3 Å². The van der Waals surface area contributed by atoms with Gasteiger partial charge in [0.25, 0.3) is 0 Å². The van der Waals surface area contributed by atoms with Crippen molar-refractivity contribution in [3.63, 3.8) is 0 Å². The lowest BCUT2D eigenvalue weighted by molar-refractivity contribution is -0.117. The first-order valence-corrected chi connectivity index (χ1v) is 6.72. The lowest BCUT2D eigenvalue weighted by Crippen LogP contribution is -2.08. The number of rotatable bonds is 5. The lowest BCUT2D eigenvalue weighted by atomic mass is 10.1. The zero-order valence-corrected chi connectivity index (χ0v) is 11.6. The normalized spacial score (nSPS) is 10.5. The minimum Gasteiger partial charge on any atom is -0.494 e. The van der Waals surface area contributed by atoms with E-state index in [1.165, 1.54) is 24.5 Å². The first-order valence-electron chi connectivity index (χ1n) is 5.84. The van der Waals surface area contributed by atoms with Crippen LogP contribution in [-0.4, -0.2) is 17.9 Å². The zero-order chi connectivity index (χ0) is 13.8. The molecule has 2 aromatic rings. The standard InChI is InChI=1S/C14H14FNO2S/c1-9-8-19-13(16-9)7-11(17)6-10-4-3-5-12(18-2)14(10)15/h3-5,8H,6-7H2,1-2H3. The van der Waals surface area contributed by atoms with Gasteiger partial charge >= 0.3 is 0 Å². The topological polar surface area (TPSA) is 39.2 Å². The second kappa shape index (κ2) is 5.93. The SMILES string of the molecule is COc1cccc(CC(=O)Cc2nc(C)cs2)c1F. The fourth-order valence-electron chi connectivity index (χ4n) is 1.78. The highest BCUT2D eigenvalue weighted by Crippen LogP contribution is 2.21. The maximum Gasteiger partial charge on any atom is 0.168 e. The molecule has 0 bridgehead atoms. The quantitative estimate of drug-likeness (QED) is 0.844. The van der Waals surface area contributed by atoms with Gasteiger partial charge in [0.05, 0.1) is 13.5 Å². The van der Waals surface area contributed by atoms with Gasteiger partial charge in [-0.05, 0) is 18.6 Å². The number of hydrogen-bond donors (Lipinski definition) is 0. The molecule has 3 nitrogen and oxygen atoms in total. The number of aromatic nitrogens is 1. The van der Waals surface area contributed by atoms with Crippen molar-refractivity contribution in [2.45, 2.75) is 19.8 Å². The predicted molar refractivity (Wildman–Crippen MR) is 72.2 cm³/mol. The second-order valence-corrected chi connectivity index (χ2v) is 5.15. The summed E-state index contributed by atoms with van der Waals surface area (Å²) in [5.74, 6) is -0.356. The summed E-state index contributed by atoms with van der Waals surface area (Å²) < 4.78 is 18.8. The van der Waals surface area contributed by atoms with Crippen molar-refractivity contribution in [3.05, 3.63) is 45.7 Å². The Morgan fingerprint density at radius 3 is 2.84 bits per heavy atom. The van der Waals surface area contributed by atoms with Gasteiger partial charge in [-0.25, -0.2) is 9.37 Å². The van der Waals surface area contributed by atoms with E-state index in [4.69, 9.17) is 4.74 Å². The molecule has 0 N–H and O–H groups in total. The molecule has 0 unspecified atom stereocenters. The smallest absolute Gasteiger partial charge is 0.168 e. The van der Waals surface area contributed by atoms with Crippen LogP contribution in [0.25, 0.3) is 0 Å². The van der Waals surface area contributed by atoms with E-state index in [0.717, 1.165) is 10.7 Å². The number of ether oxygens (including phenoxy) is 1. The minimum absolute atomic E-state index is 0.0542. The number of halogens is 1. The Balaban J connectivity index is 2.07. The van der Waals surface area contributed by atoms with E-state index in [-0.39, 0.29) is 24.4 Å². The van der Waals surface area contributed by atoms with Crippen molar-refractivity contribution in [2.24, 2.45) is 0 Å². The van der Waals surface area contributed by atoms with E-state index >= 15 is 0 Å². The summed E-state index contributed by atoms with van der Waals surface area (Å²) in [6.45, 7) is 1.88. The van der Waals surface area contributed by atoms with Crippen LogP contribution in [0.2, 0.25) is 0 Å². The molecule has 1 aromatic heterocycles. The molecular weight excluding hydrogens is 265 g/mol. The van der Waals surface area contributed by atoms with E-state index in [2.05, 4.69) is 4.98 Å². The molecular formula is C14H14FNO2S. The van der Waals surface area contributed by atoms with Crippen molar-refractivity contribution in [1.29, 1.82) is 0 Å². The number of ketones is 1. The highest BCUT2D eigenvalue weighted by atomic mass is 32.1. The van der Waals surface area contributed by atoms with Crippen molar-refractivity contribution >= 4 is 17.1 Å². The molecule has 5 heteroatoms. The number of hydrogen-bond acceptors (Lipinski definition) is 4. The Bertz CT molecular complexity index is 595. The summed E-state index contributed by atoms with van der Waals surface area (Å²) in [5.41, 5.74) is 1.26. The molecule has 0 aliphatic heterocycles. The van der Waals surface area contributed by atoms with Gasteiger partial charge in [-0.3, -0.25) is 4.79 Å². The van der Waals surface area contributed by atoms with Gasteiger partial charge in [0.15, 0.2) is 11.6 Å². The van der Waals surface area contributed by atoms with Gasteiger partial charge in [0.2, 0.25) is 0 Å². The van der Waals surface area contributed by atoms with E-state index in [0.29, 0.717) is 5.56 Å². The average Bonchev–Trinajstić information content (AvgIpc) is 2.77. The monoisotopic (exact) mass is 279 g/mol. The summed E-state index contributed by atoms with van der Waals surface area (Å²) in [4.78, 5) is 16.1. The molecule has 0 saturated heterocycles. The molecule has 100 valence electrons. The van der Waals surface area contributed by atoms with Gasteiger partial charge in [0.1, 0.15) is 10.8 Å². The predicted octanol–water partition coefficient (Wildman–Crippen LogP) is 2.95. The third-order valence-electron chi connectivity index (χ3n) is 2.67. The number of carbonyl (C=O) groups excluding carboxylic acids is 1. The molecule has 2 rings (SSSR count). The number of benzene rings is 1. The Hall–Kier alpha value is -1.75. The van der Waals surface area contributed by atoms with Crippen LogP contribution in [0.15, 0.2) is 23.6 Å². The maximum atomic E-state index is 13.9. The van der Waals surface area contributed by atoms with Crippen molar-refractivity contribution in [1.82, 2.24) is 4.98 Å². The van der Waals surface area contributed by atoms with Gasteiger partial charge < -0.3 is 4.74 Å². The van der Waals surface area contributed by atoms with Gasteiger partial charge in [-0.1, -0.05) is 12.1 Å². The summed E-state index contributed by atoms with van der Waals surface area (Å²) in [6.07, 6.45) is 0.302. The molecule has 0 spiro atoms. The van der Waals surface area contributed by atoms with Crippen LogP contribution in [0.4, 0.5) is 4.39 Å². The maximum absolute atomic E-state index is 13.9. The molecule has 19 heavy (non-hydrogen) atoms. The molecule has 0 fully saturated rings.